The topological polar surface area (TPSA) is 60.2 Å². The van der Waals surface area contributed by atoms with Crippen molar-refractivity contribution in [2.24, 2.45) is 0 Å². The van der Waals surface area contributed by atoms with E-state index in [0.29, 0.717) is 6.54 Å². The van der Waals surface area contributed by atoms with Crippen LogP contribution in [0.4, 0.5) is 0 Å². The van der Waals surface area contributed by atoms with Crippen LogP contribution in [0.15, 0.2) is 0 Å². The maximum Gasteiger partial charge on any atom is 0.500 e. The van der Waals surface area contributed by atoms with Crippen LogP contribution < -0.4 is 0 Å². The highest BCUT2D eigenvalue weighted by Crippen LogP contribution is 2.15. The van der Waals surface area contributed by atoms with E-state index in [2.05, 4.69) is 4.90 Å². The summed E-state index contributed by atoms with van der Waals surface area (Å²) in [7, 11) is 2.40. The molecule has 0 saturated carbocycles. The minimum Gasteiger partial charge on any atom is -0.457 e. The second-order valence-corrected chi connectivity index (χ2v) is 9.70. The smallest absolute Gasteiger partial charge is 0.457 e. The minimum absolute atomic E-state index is 0.194. The average molecular weight is 348 g/mol. The zero-order valence-electron chi connectivity index (χ0n) is 15.3. The summed E-state index contributed by atoms with van der Waals surface area (Å²) >= 11 is 0. The maximum absolute atomic E-state index is 11.8. The zero-order chi connectivity index (χ0) is 17.5. The van der Waals surface area contributed by atoms with Gasteiger partial charge in [-0.25, -0.2) is 4.79 Å². The summed E-state index contributed by atoms with van der Waals surface area (Å²) in [6.45, 7) is 8.55. The number of nitrogens with zero attached hydrogens (tertiary/aromatic N) is 2. The van der Waals surface area contributed by atoms with Gasteiger partial charge in [0.2, 0.25) is 6.34 Å². The Labute approximate surface area is 140 Å². The van der Waals surface area contributed by atoms with Gasteiger partial charge in [0.05, 0.1) is 6.54 Å². The Hall–Kier alpha value is -0.963. The Balaban J connectivity index is 2.38. The van der Waals surface area contributed by atoms with Gasteiger partial charge in [-0.2, -0.15) is 0 Å². The molecule has 0 unspecified atom stereocenters. The predicted molar refractivity (Wildman–Crippen MR) is 89.7 cm³/mol. The number of hydrogen-bond donors (Lipinski definition) is 0. The summed E-state index contributed by atoms with van der Waals surface area (Å²) in [6, 6.07) is 0.771. The summed E-state index contributed by atoms with van der Waals surface area (Å²) < 4.78 is 23.6. The zero-order valence-corrected chi connectivity index (χ0v) is 16.3. The Bertz CT molecular complexity index is 410. The molecule has 0 radical (unpaired) electrons. The molecule has 1 rings (SSSR count). The van der Waals surface area contributed by atoms with E-state index in [1.54, 1.807) is 21.3 Å². The van der Waals surface area contributed by atoms with E-state index in [-0.39, 0.29) is 5.97 Å². The molecular formula is C15H31N2O5Si+. The Morgan fingerprint density at radius 3 is 2.35 bits per heavy atom. The van der Waals surface area contributed by atoms with Gasteiger partial charge in [0.15, 0.2) is 6.54 Å². The molecule has 7 nitrogen and oxygen atoms in total. The molecule has 23 heavy (non-hydrogen) atoms. The van der Waals surface area contributed by atoms with Gasteiger partial charge in [-0.15, -0.1) is 0 Å². The molecule has 1 aliphatic rings. The van der Waals surface area contributed by atoms with Crippen LogP contribution in [-0.2, 0) is 22.8 Å². The van der Waals surface area contributed by atoms with Crippen LogP contribution in [-0.4, -0.2) is 83.7 Å². The molecule has 0 fully saturated rings. The molecule has 0 N–H and O–H groups in total. The van der Waals surface area contributed by atoms with Gasteiger partial charge in [0, 0.05) is 27.4 Å². The van der Waals surface area contributed by atoms with Crippen LogP contribution in [0.1, 0.15) is 27.2 Å². The quantitative estimate of drug-likeness (QED) is 0.352. The first-order valence-electron chi connectivity index (χ1n) is 7.94. The lowest BCUT2D eigenvalue weighted by Crippen LogP contribution is -2.43. The van der Waals surface area contributed by atoms with Crippen LogP contribution in [0, 0.1) is 0 Å². The predicted octanol–water partition coefficient (Wildman–Crippen LogP) is 0.953. The van der Waals surface area contributed by atoms with Gasteiger partial charge in [-0.3, -0.25) is 9.48 Å². The second-order valence-electron chi connectivity index (χ2n) is 6.61. The number of carbonyl (C=O) groups is 1. The molecule has 0 bridgehead atoms. The van der Waals surface area contributed by atoms with Crippen molar-refractivity contribution in [3.8, 4) is 0 Å². The standard InChI is InChI=1S/C15H31N2O5Si/c1-15(2,3)22-14(18)12-17-10-9-16(13-17)8-7-11-23(19-4,20-5)21-6/h13H,7-12H2,1-6H3/q+1. The van der Waals surface area contributed by atoms with Gasteiger partial charge in [-0.05, 0) is 27.2 Å². The first kappa shape index (κ1) is 20.1. The van der Waals surface area contributed by atoms with Crippen LogP contribution in [0.3, 0.4) is 0 Å². The van der Waals surface area contributed by atoms with Crippen molar-refractivity contribution in [3.05, 3.63) is 0 Å². The van der Waals surface area contributed by atoms with Crippen LogP contribution >= 0.6 is 0 Å². The highest BCUT2D eigenvalue weighted by molar-refractivity contribution is 6.60. The third-order valence-electron chi connectivity index (χ3n) is 3.61. The Kier molecular flexibility index (Phi) is 7.66. The van der Waals surface area contributed by atoms with Crippen molar-refractivity contribution in [2.75, 3.05) is 47.5 Å². The third-order valence-corrected chi connectivity index (χ3v) is 6.45. The number of rotatable bonds is 9. The van der Waals surface area contributed by atoms with Crippen molar-refractivity contribution in [1.82, 2.24) is 4.90 Å². The van der Waals surface area contributed by atoms with Crippen molar-refractivity contribution in [1.29, 1.82) is 0 Å². The molecule has 8 heteroatoms. The van der Waals surface area contributed by atoms with Gasteiger partial charge in [-0.1, -0.05) is 0 Å². The first-order chi connectivity index (χ1) is 10.7. The number of esters is 1. The Morgan fingerprint density at radius 1 is 1.22 bits per heavy atom. The Morgan fingerprint density at radius 2 is 1.83 bits per heavy atom. The molecule has 0 atom stereocenters. The van der Waals surface area contributed by atoms with E-state index in [1.165, 1.54) is 0 Å². The highest BCUT2D eigenvalue weighted by Gasteiger charge is 2.37. The maximum atomic E-state index is 11.8. The molecule has 0 saturated heterocycles. The lowest BCUT2D eigenvalue weighted by atomic mass is 10.2. The first-order valence-corrected chi connectivity index (χ1v) is 9.87. The molecule has 0 aromatic rings. The van der Waals surface area contributed by atoms with Crippen LogP contribution in [0.5, 0.6) is 0 Å². The summed E-state index contributed by atoms with van der Waals surface area (Å²) in [5.41, 5.74) is -0.440. The van der Waals surface area contributed by atoms with E-state index in [4.69, 9.17) is 18.0 Å². The van der Waals surface area contributed by atoms with Gasteiger partial charge in [0.1, 0.15) is 18.7 Å². The summed E-state index contributed by atoms with van der Waals surface area (Å²) in [6.07, 6.45) is 2.91. The molecule has 0 aromatic heterocycles. The van der Waals surface area contributed by atoms with Crippen LogP contribution in [0.25, 0.3) is 0 Å². The van der Waals surface area contributed by atoms with E-state index in [1.807, 2.05) is 31.7 Å². The number of carbonyl (C=O) groups excluding carboxylic acids is 1. The van der Waals surface area contributed by atoms with Gasteiger partial charge < -0.3 is 18.0 Å². The van der Waals surface area contributed by atoms with E-state index in [0.717, 1.165) is 32.1 Å². The van der Waals surface area contributed by atoms with Crippen molar-refractivity contribution in [3.63, 3.8) is 0 Å². The molecule has 0 aromatic carbocycles. The lowest BCUT2D eigenvalue weighted by Gasteiger charge is -2.24. The third kappa shape index (κ3) is 6.99. The lowest BCUT2D eigenvalue weighted by molar-refractivity contribution is -0.504. The van der Waals surface area contributed by atoms with E-state index < -0.39 is 14.4 Å². The van der Waals surface area contributed by atoms with E-state index in [9.17, 15) is 4.79 Å². The summed E-state index contributed by atoms with van der Waals surface area (Å²) in [5.74, 6) is -0.194. The molecule has 1 heterocycles. The number of ether oxygens (including phenoxy) is 1. The molecule has 1 aliphatic heterocycles. The van der Waals surface area contributed by atoms with Crippen molar-refractivity contribution in [2.45, 2.75) is 38.8 Å². The van der Waals surface area contributed by atoms with Crippen molar-refractivity contribution >= 4 is 21.1 Å². The van der Waals surface area contributed by atoms with Crippen LogP contribution in [0.2, 0.25) is 6.04 Å². The van der Waals surface area contributed by atoms with E-state index >= 15 is 0 Å². The fourth-order valence-corrected chi connectivity index (χ4v) is 4.19. The minimum atomic E-state index is -2.49. The SMILES string of the molecule is CO[Si](CCCN1C=[N+](CC(=O)OC(C)(C)C)CC1)(OC)OC. The van der Waals surface area contributed by atoms with Gasteiger partial charge in [0.25, 0.3) is 0 Å². The average Bonchev–Trinajstić information content (AvgIpc) is 2.89. The molecular weight excluding hydrogens is 316 g/mol. The number of hydrogen-bond acceptors (Lipinski definition) is 6. The van der Waals surface area contributed by atoms with Gasteiger partial charge >= 0.3 is 14.8 Å². The molecule has 0 aliphatic carbocycles. The monoisotopic (exact) mass is 347 g/mol. The molecule has 0 amide bonds. The van der Waals surface area contributed by atoms with Crippen molar-refractivity contribution < 1.29 is 27.4 Å². The normalized spacial score (nSPS) is 15.7. The summed E-state index contributed by atoms with van der Waals surface area (Å²) in [5, 5.41) is 0. The fourth-order valence-electron chi connectivity index (χ4n) is 2.49. The largest absolute Gasteiger partial charge is 0.500 e. The fraction of sp³-hybridized carbons (Fsp3) is 0.867. The second kappa shape index (κ2) is 8.77. The highest BCUT2D eigenvalue weighted by atomic mass is 28.4. The molecule has 0 spiro atoms. The molecule has 134 valence electrons. The summed E-state index contributed by atoms with van der Waals surface area (Å²) in [4.78, 5) is 14.0.